The lowest BCUT2D eigenvalue weighted by molar-refractivity contribution is -0.127. The number of nitrogens with zero attached hydrogens (tertiary/aromatic N) is 4. The molecule has 0 atom stereocenters. The van der Waals surface area contributed by atoms with Crippen molar-refractivity contribution in [1.29, 1.82) is 0 Å². The molecule has 0 radical (unpaired) electrons. The van der Waals surface area contributed by atoms with Crippen molar-refractivity contribution in [3.63, 3.8) is 0 Å². The third kappa shape index (κ3) is 4.54. The van der Waals surface area contributed by atoms with Crippen LogP contribution in [0.15, 0.2) is 40.9 Å². The first-order valence-electron chi connectivity index (χ1n) is 8.72. The smallest absolute Gasteiger partial charge is 0.246 e. The Labute approximate surface area is 148 Å². The largest absolute Gasteiger partial charge is 0.339 e. The van der Waals surface area contributed by atoms with Gasteiger partial charge in [0.25, 0.3) is 0 Å². The number of allylic oxidation sites excluding steroid dienone is 1. The second kappa shape index (κ2) is 8.07. The van der Waals surface area contributed by atoms with Crippen LogP contribution < -0.4 is 0 Å². The number of carbonyl (C=O) groups is 1. The molecule has 1 aliphatic rings. The van der Waals surface area contributed by atoms with Gasteiger partial charge in [-0.2, -0.15) is 4.98 Å². The number of aromatic nitrogens is 2. The second-order valence-corrected chi connectivity index (χ2v) is 6.25. The van der Waals surface area contributed by atoms with Gasteiger partial charge in [0.2, 0.25) is 11.8 Å². The number of amides is 1. The van der Waals surface area contributed by atoms with Crippen LogP contribution >= 0.6 is 0 Å². The highest BCUT2D eigenvalue weighted by Gasteiger charge is 2.21. The lowest BCUT2D eigenvalue weighted by atomic mass is 10.1. The van der Waals surface area contributed by atoms with E-state index in [4.69, 9.17) is 4.52 Å². The predicted octanol–water partition coefficient (Wildman–Crippen LogP) is 2.38. The van der Waals surface area contributed by atoms with Crippen molar-refractivity contribution in [3.05, 3.63) is 53.7 Å². The first kappa shape index (κ1) is 17.4. The Bertz CT molecular complexity index is 731. The van der Waals surface area contributed by atoms with Crippen LogP contribution in [-0.2, 0) is 17.8 Å². The van der Waals surface area contributed by atoms with Gasteiger partial charge in [0.15, 0.2) is 5.82 Å². The fourth-order valence-electron chi connectivity index (χ4n) is 2.89. The van der Waals surface area contributed by atoms with Crippen LogP contribution in [0.3, 0.4) is 0 Å². The molecule has 1 aromatic carbocycles. The van der Waals surface area contributed by atoms with Crippen molar-refractivity contribution in [2.45, 2.75) is 26.8 Å². The average molecular weight is 340 g/mol. The molecular weight excluding hydrogens is 316 g/mol. The lowest BCUT2D eigenvalue weighted by Crippen LogP contribution is -2.48. The highest BCUT2D eigenvalue weighted by Crippen LogP contribution is 2.14. The number of aryl methyl sites for hydroxylation is 1. The molecule has 0 spiro atoms. The highest BCUT2D eigenvalue weighted by molar-refractivity contribution is 5.94. The Balaban J connectivity index is 1.52. The molecule has 6 heteroatoms. The second-order valence-electron chi connectivity index (χ2n) is 6.25. The van der Waals surface area contributed by atoms with Crippen LogP contribution in [-0.4, -0.2) is 52.0 Å². The summed E-state index contributed by atoms with van der Waals surface area (Å²) in [5.41, 5.74) is 2.07. The molecule has 0 unspecified atom stereocenters. The van der Waals surface area contributed by atoms with E-state index in [1.807, 2.05) is 49.1 Å². The SMILES string of the molecule is CCc1nc(CN2CCN(C(=O)/C=C(/C)c3ccccc3)CC2)no1. The summed E-state index contributed by atoms with van der Waals surface area (Å²) in [4.78, 5) is 21.0. The molecule has 0 bridgehead atoms. The molecule has 2 aromatic rings. The fraction of sp³-hybridized carbons (Fsp3) is 0.421. The van der Waals surface area contributed by atoms with Crippen molar-refractivity contribution in [2.24, 2.45) is 0 Å². The maximum Gasteiger partial charge on any atom is 0.246 e. The normalized spacial score (nSPS) is 16.2. The summed E-state index contributed by atoms with van der Waals surface area (Å²) >= 11 is 0. The van der Waals surface area contributed by atoms with Crippen molar-refractivity contribution in [2.75, 3.05) is 26.2 Å². The molecule has 2 heterocycles. The molecule has 1 aliphatic heterocycles. The summed E-state index contributed by atoms with van der Waals surface area (Å²) in [7, 11) is 0. The van der Waals surface area contributed by atoms with Gasteiger partial charge in [-0.05, 0) is 18.1 Å². The first-order valence-corrected chi connectivity index (χ1v) is 8.72. The number of carbonyl (C=O) groups excluding carboxylic acids is 1. The lowest BCUT2D eigenvalue weighted by Gasteiger charge is -2.33. The number of piperazine rings is 1. The molecule has 0 saturated carbocycles. The van der Waals surface area contributed by atoms with Crippen LogP contribution in [0, 0.1) is 0 Å². The molecule has 1 amide bonds. The van der Waals surface area contributed by atoms with E-state index in [1.165, 1.54) is 0 Å². The summed E-state index contributed by atoms with van der Waals surface area (Å²) in [6.07, 6.45) is 2.49. The minimum Gasteiger partial charge on any atom is -0.339 e. The van der Waals surface area contributed by atoms with Gasteiger partial charge >= 0.3 is 0 Å². The van der Waals surface area contributed by atoms with Crippen LogP contribution in [0.5, 0.6) is 0 Å². The average Bonchev–Trinajstić information content (AvgIpc) is 3.10. The number of hydrogen-bond acceptors (Lipinski definition) is 5. The molecule has 25 heavy (non-hydrogen) atoms. The molecule has 1 saturated heterocycles. The fourth-order valence-corrected chi connectivity index (χ4v) is 2.89. The van der Waals surface area contributed by atoms with Crippen molar-refractivity contribution in [3.8, 4) is 0 Å². The summed E-state index contributed by atoms with van der Waals surface area (Å²) in [6, 6.07) is 9.99. The molecule has 3 rings (SSSR count). The molecule has 1 aromatic heterocycles. The van der Waals surface area contributed by atoms with Gasteiger partial charge in [0.1, 0.15) is 0 Å². The van der Waals surface area contributed by atoms with Crippen LogP contribution in [0.2, 0.25) is 0 Å². The van der Waals surface area contributed by atoms with E-state index in [1.54, 1.807) is 6.08 Å². The van der Waals surface area contributed by atoms with Gasteiger partial charge < -0.3 is 9.42 Å². The molecule has 132 valence electrons. The maximum absolute atomic E-state index is 12.5. The van der Waals surface area contributed by atoms with Gasteiger partial charge in [-0.15, -0.1) is 0 Å². The highest BCUT2D eigenvalue weighted by atomic mass is 16.5. The standard InChI is InChI=1S/C19H24N4O2/c1-3-18-20-17(21-25-18)14-22-9-11-23(12-10-22)19(24)13-15(2)16-7-5-4-6-8-16/h4-8,13H,3,9-12,14H2,1-2H3/b15-13-. The van der Waals surface area contributed by atoms with Crippen molar-refractivity contribution >= 4 is 11.5 Å². The summed E-state index contributed by atoms with van der Waals surface area (Å²) < 4.78 is 5.14. The topological polar surface area (TPSA) is 62.5 Å². The van der Waals surface area contributed by atoms with E-state index in [0.29, 0.717) is 12.4 Å². The summed E-state index contributed by atoms with van der Waals surface area (Å²) in [5, 5.41) is 3.99. The van der Waals surface area contributed by atoms with Gasteiger partial charge in [-0.3, -0.25) is 9.69 Å². The monoisotopic (exact) mass is 340 g/mol. The Kier molecular flexibility index (Phi) is 5.60. The van der Waals surface area contributed by atoms with Gasteiger partial charge in [-0.25, -0.2) is 0 Å². The van der Waals surface area contributed by atoms with Gasteiger partial charge in [-0.1, -0.05) is 42.4 Å². The van der Waals surface area contributed by atoms with E-state index in [9.17, 15) is 4.79 Å². The van der Waals surface area contributed by atoms with E-state index < -0.39 is 0 Å². The molecule has 0 aliphatic carbocycles. The molecule has 6 nitrogen and oxygen atoms in total. The summed E-state index contributed by atoms with van der Waals surface area (Å²) in [6.45, 7) is 7.72. The summed E-state index contributed by atoms with van der Waals surface area (Å²) in [5.74, 6) is 1.47. The van der Waals surface area contributed by atoms with Gasteiger partial charge in [0.05, 0.1) is 6.54 Å². The van der Waals surface area contributed by atoms with Crippen LogP contribution in [0.1, 0.15) is 31.1 Å². The zero-order valence-electron chi connectivity index (χ0n) is 14.8. The zero-order chi connectivity index (χ0) is 17.6. The van der Waals surface area contributed by atoms with Crippen LogP contribution in [0.25, 0.3) is 5.57 Å². The quantitative estimate of drug-likeness (QED) is 0.782. The molecular formula is C19H24N4O2. The third-order valence-corrected chi connectivity index (χ3v) is 4.43. The number of hydrogen-bond donors (Lipinski definition) is 0. The minimum absolute atomic E-state index is 0.0776. The van der Waals surface area contributed by atoms with Crippen molar-refractivity contribution < 1.29 is 9.32 Å². The maximum atomic E-state index is 12.5. The Morgan fingerprint density at radius 3 is 2.56 bits per heavy atom. The third-order valence-electron chi connectivity index (χ3n) is 4.43. The van der Waals surface area contributed by atoms with E-state index >= 15 is 0 Å². The zero-order valence-corrected chi connectivity index (χ0v) is 14.8. The minimum atomic E-state index is 0.0776. The Hall–Kier alpha value is -2.47. The van der Waals surface area contributed by atoms with Gasteiger partial charge in [0, 0.05) is 38.7 Å². The molecule has 1 fully saturated rings. The molecule has 0 N–H and O–H groups in total. The Morgan fingerprint density at radius 2 is 1.92 bits per heavy atom. The number of rotatable bonds is 5. The first-order chi connectivity index (χ1) is 12.2. The number of benzene rings is 1. The van der Waals surface area contributed by atoms with E-state index in [2.05, 4.69) is 15.0 Å². The van der Waals surface area contributed by atoms with Crippen LogP contribution in [0.4, 0.5) is 0 Å². The Morgan fingerprint density at radius 1 is 1.20 bits per heavy atom. The van der Waals surface area contributed by atoms with E-state index in [0.717, 1.165) is 49.6 Å². The van der Waals surface area contributed by atoms with E-state index in [-0.39, 0.29) is 5.91 Å². The predicted molar refractivity (Wildman–Crippen MR) is 95.6 cm³/mol. The van der Waals surface area contributed by atoms with Crippen molar-refractivity contribution in [1.82, 2.24) is 19.9 Å².